The third-order valence-corrected chi connectivity index (χ3v) is 6.59. The maximum Gasteiger partial charge on any atom is 0.0737 e. The maximum absolute atomic E-state index is 4.82. The van der Waals surface area contributed by atoms with Crippen molar-refractivity contribution in [2.45, 2.75) is 66.2 Å². The fourth-order valence-electron chi connectivity index (χ4n) is 4.42. The fraction of sp³-hybridized carbons (Fsp3) is 0.312. The van der Waals surface area contributed by atoms with E-state index in [4.69, 9.17) is 9.97 Å². The zero-order chi connectivity index (χ0) is 24.7. The molecule has 0 radical (unpaired) electrons. The Hall–Kier alpha value is -3.26. The lowest BCUT2D eigenvalue weighted by molar-refractivity contribution is 0.590. The van der Waals surface area contributed by atoms with Crippen LogP contribution in [0.3, 0.4) is 0 Å². The molecule has 0 amide bonds. The van der Waals surface area contributed by atoms with Crippen molar-refractivity contribution in [3.8, 4) is 33.6 Å². The number of aromatic nitrogens is 2. The molecule has 0 fully saturated rings. The minimum Gasteiger partial charge on any atom is -0.256 e. The number of hydrogen-bond acceptors (Lipinski definition) is 2. The number of nitrogens with zero attached hydrogens (tertiary/aromatic N) is 2. The Morgan fingerprint density at radius 2 is 0.882 bits per heavy atom. The molecule has 0 atom stereocenters. The molecule has 174 valence electrons. The van der Waals surface area contributed by atoms with Gasteiger partial charge in [0, 0.05) is 23.5 Å². The molecule has 0 saturated carbocycles. The van der Waals surface area contributed by atoms with E-state index in [0.29, 0.717) is 0 Å². The van der Waals surface area contributed by atoms with Crippen LogP contribution in [-0.4, -0.2) is 9.97 Å². The van der Waals surface area contributed by atoms with E-state index in [1.807, 2.05) is 24.5 Å². The van der Waals surface area contributed by atoms with E-state index in [0.717, 1.165) is 11.4 Å². The smallest absolute Gasteiger partial charge is 0.0737 e. The summed E-state index contributed by atoms with van der Waals surface area (Å²) in [5, 5.41) is 0. The SMILES string of the molecule is Cc1cccnc1-c1cc(C(C)(C)C)ccc1-c1ccc(C(C)(C)C)cc1-c1ncccc1C. The minimum atomic E-state index is 0.0481. The van der Waals surface area contributed by atoms with Crippen molar-refractivity contribution in [3.05, 3.63) is 95.3 Å². The molecule has 2 aromatic heterocycles. The highest BCUT2D eigenvalue weighted by Gasteiger charge is 2.22. The Bertz CT molecular complexity index is 1230. The van der Waals surface area contributed by atoms with Crippen LogP contribution in [0.25, 0.3) is 33.6 Å². The standard InChI is InChI=1S/C32H36N2/c1-21-11-9-17-33-29(21)27-19-23(31(3,4)5)13-15-25(27)26-16-14-24(32(6,7)8)20-28(26)30-22(2)12-10-18-34-30/h9-20H,1-8H3. The summed E-state index contributed by atoms with van der Waals surface area (Å²) in [6, 6.07) is 22.0. The first-order chi connectivity index (χ1) is 16.0. The summed E-state index contributed by atoms with van der Waals surface area (Å²) in [7, 11) is 0. The molecule has 0 N–H and O–H groups in total. The van der Waals surface area contributed by atoms with Gasteiger partial charge in [-0.25, -0.2) is 0 Å². The number of pyridine rings is 2. The summed E-state index contributed by atoms with van der Waals surface area (Å²) < 4.78 is 0. The molecular weight excluding hydrogens is 412 g/mol. The molecule has 2 nitrogen and oxygen atoms in total. The van der Waals surface area contributed by atoms with E-state index in [2.05, 4.69) is 104 Å². The summed E-state index contributed by atoms with van der Waals surface area (Å²) in [4.78, 5) is 9.64. The average molecular weight is 449 g/mol. The first-order valence-corrected chi connectivity index (χ1v) is 12.1. The van der Waals surface area contributed by atoms with Crippen LogP contribution in [0.5, 0.6) is 0 Å². The molecular formula is C32H36N2. The first-order valence-electron chi connectivity index (χ1n) is 12.1. The number of hydrogen-bond donors (Lipinski definition) is 0. The Kier molecular flexibility index (Phi) is 6.20. The summed E-state index contributed by atoms with van der Waals surface area (Å²) in [6.07, 6.45) is 3.78. The third kappa shape index (κ3) is 4.68. The molecule has 0 spiro atoms. The van der Waals surface area contributed by atoms with E-state index >= 15 is 0 Å². The molecule has 4 aromatic rings. The second-order valence-electron chi connectivity index (χ2n) is 11.4. The Morgan fingerprint density at radius 1 is 0.500 bits per heavy atom. The van der Waals surface area contributed by atoms with Crippen molar-refractivity contribution < 1.29 is 0 Å². The highest BCUT2D eigenvalue weighted by molar-refractivity contribution is 5.92. The van der Waals surface area contributed by atoms with Gasteiger partial charge in [-0.15, -0.1) is 0 Å². The molecule has 2 aromatic carbocycles. The van der Waals surface area contributed by atoms with Crippen LogP contribution >= 0.6 is 0 Å². The zero-order valence-corrected chi connectivity index (χ0v) is 21.8. The number of rotatable bonds is 3. The van der Waals surface area contributed by atoms with Gasteiger partial charge in [-0.1, -0.05) is 77.9 Å². The van der Waals surface area contributed by atoms with Gasteiger partial charge in [0.25, 0.3) is 0 Å². The van der Waals surface area contributed by atoms with Crippen molar-refractivity contribution in [1.82, 2.24) is 9.97 Å². The largest absolute Gasteiger partial charge is 0.256 e. The average Bonchev–Trinajstić information content (AvgIpc) is 2.78. The minimum absolute atomic E-state index is 0.0481. The third-order valence-electron chi connectivity index (χ3n) is 6.59. The van der Waals surface area contributed by atoms with Crippen LogP contribution < -0.4 is 0 Å². The van der Waals surface area contributed by atoms with Gasteiger partial charge in [-0.2, -0.15) is 0 Å². The van der Waals surface area contributed by atoms with Gasteiger partial charge in [0.05, 0.1) is 11.4 Å². The summed E-state index contributed by atoms with van der Waals surface area (Å²) in [5.74, 6) is 0. The van der Waals surface area contributed by atoms with Gasteiger partial charge in [-0.3, -0.25) is 9.97 Å². The highest BCUT2D eigenvalue weighted by atomic mass is 14.7. The number of benzene rings is 2. The molecule has 0 saturated heterocycles. The lowest BCUT2D eigenvalue weighted by atomic mass is 9.80. The van der Waals surface area contributed by atoms with Gasteiger partial charge in [0.1, 0.15) is 0 Å². The highest BCUT2D eigenvalue weighted by Crippen LogP contribution is 2.42. The van der Waals surface area contributed by atoms with E-state index in [-0.39, 0.29) is 10.8 Å². The molecule has 0 aliphatic rings. The summed E-state index contributed by atoms with van der Waals surface area (Å²) in [5.41, 5.74) is 11.8. The molecule has 0 aliphatic carbocycles. The van der Waals surface area contributed by atoms with Crippen LogP contribution in [0, 0.1) is 13.8 Å². The molecule has 2 heteroatoms. The quantitative estimate of drug-likeness (QED) is 0.313. The van der Waals surface area contributed by atoms with Gasteiger partial charge >= 0.3 is 0 Å². The molecule has 2 heterocycles. The zero-order valence-electron chi connectivity index (χ0n) is 21.8. The van der Waals surface area contributed by atoms with Gasteiger partial charge in [-0.05, 0) is 82.3 Å². The van der Waals surface area contributed by atoms with E-state index in [1.165, 1.54) is 44.5 Å². The van der Waals surface area contributed by atoms with Gasteiger partial charge in [0.2, 0.25) is 0 Å². The Balaban J connectivity index is 2.07. The number of aryl methyl sites for hydroxylation is 2. The van der Waals surface area contributed by atoms with Gasteiger partial charge < -0.3 is 0 Å². The summed E-state index contributed by atoms with van der Waals surface area (Å²) >= 11 is 0. The maximum atomic E-state index is 4.82. The van der Waals surface area contributed by atoms with Crippen molar-refractivity contribution in [2.75, 3.05) is 0 Å². The first kappa shape index (κ1) is 23.9. The van der Waals surface area contributed by atoms with Crippen molar-refractivity contribution in [2.24, 2.45) is 0 Å². The second-order valence-corrected chi connectivity index (χ2v) is 11.4. The topological polar surface area (TPSA) is 25.8 Å². The van der Waals surface area contributed by atoms with Gasteiger partial charge in [0.15, 0.2) is 0 Å². The van der Waals surface area contributed by atoms with E-state index < -0.39 is 0 Å². The molecule has 0 unspecified atom stereocenters. The predicted molar refractivity (Wildman–Crippen MR) is 145 cm³/mol. The molecule has 4 rings (SSSR count). The van der Waals surface area contributed by atoms with Crippen molar-refractivity contribution >= 4 is 0 Å². The molecule has 0 bridgehead atoms. The molecule has 0 aliphatic heterocycles. The molecule has 34 heavy (non-hydrogen) atoms. The fourth-order valence-corrected chi connectivity index (χ4v) is 4.42. The van der Waals surface area contributed by atoms with Crippen LogP contribution in [0.4, 0.5) is 0 Å². The van der Waals surface area contributed by atoms with Crippen molar-refractivity contribution in [3.63, 3.8) is 0 Å². The summed E-state index contributed by atoms with van der Waals surface area (Å²) in [6.45, 7) is 17.9. The second kappa shape index (κ2) is 8.83. The Labute approximate surface area is 205 Å². The predicted octanol–water partition coefficient (Wildman–Crippen LogP) is 8.69. The normalized spacial score (nSPS) is 12.1. The van der Waals surface area contributed by atoms with Crippen LogP contribution in [0.1, 0.15) is 63.8 Å². The van der Waals surface area contributed by atoms with Crippen molar-refractivity contribution in [1.29, 1.82) is 0 Å². The van der Waals surface area contributed by atoms with E-state index in [9.17, 15) is 0 Å². The van der Waals surface area contributed by atoms with Crippen LogP contribution in [-0.2, 0) is 10.8 Å². The van der Waals surface area contributed by atoms with Crippen LogP contribution in [0.2, 0.25) is 0 Å². The Morgan fingerprint density at radius 3 is 1.21 bits per heavy atom. The van der Waals surface area contributed by atoms with Crippen LogP contribution in [0.15, 0.2) is 73.1 Å². The van der Waals surface area contributed by atoms with E-state index in [1.54, 1.807) is 0 Å². The lowest BCUT2D eigenvalue weighted by Gasteiger charge is -2.24. The monoisotopic (exact) mass is 448 g/mol. The lowest BCUT2D eigenvalue weighted by Crippen LogP contribution is -2.12.